The molecule has 216 valence electrons. The van der Waals surface area contributed by atoms with E-state index in [1.807, 2.05) is 24.5 Å². The highest BCUT2D eigenvalue weighted by Gasteiger charge is 2.37. The minimum absolute atomic E-state index is 0.504. The van der Waals surface area contributed by atoms with Crippen LogP contribution in [0.4, 0.5) is 10.2 Å². The number of hydrogen-bond acceptors (Lipinski definition) is 4. The van der Waals surface area contributed by atoms with Gasteiger partial charge in [-0.3, -0.25) is 4.98 Å². The van der Waals surface area contributed by atoms with E-state index in [9.17, 15) is 4.39 Å². The van der Waals surface area contributed by atoms with Gasteiger partial charge in [-0.2, -0.15) is 4.39 Å². The second-order valence-corrected chi connectivity index (χ2v) is 11.0. The number of hydrogen-bond donors (Lipinski definition) is 1. The largest absolute Gasteiger partial charge is 0.370 e. The number of anilines is 1. The van der Waals surface area contributed by atoms with Gasteiger partial charge in [0.2, 0.25) is 5.95 Å². The molecule has 0 atom stereocenters. The fraction of sp³-hybridized carbons (Fsp3) is 0.132. The molecule has 5 nitrogen and oxygen atoms in total. The molecule has 4 heterocycles. The van der Waals surface area contributed by atoms with Crippen molar-refractivity contribution in [3.05, 3.63) is 156 Å². The average molecular weight is 578 g/mol. The summed E-state index contributed by atoms with van der Waals surface area (Å²) < 4.78 is 17.0. The maximum absolute atomic E-state index is 14.7. The van der Waals surface area contributed by atoms with E-state index in [0.717, 1.165) is 28.4 Å². The van der Waals surface area contributed by atoms with Gasteiger partial charge >= 0.3 is 0 Å². The molecule has 0 fully saturated rings. The lowest BCUT2D eigenvalue weighted by Crippen LogP contribution is -2.34. The zero-order valence-electron chi connectivity index (χ0n) is 24.5. The van der Waals surface area contributed by atoms with E-state index in [1.165, 1.54) is 22.8 Å². The summed E-state index contributed by atoms with van der Waals surface area (Å²) in [5.74, 6) is -0.0336. The highest BCUT2D eigenvalue weighted by atomic mass is 19.1. The van der Waals surface area contributed by atoms with E-state index in [4.69, 9.17) is 4.98 Å². The van der Waals surface area contributed by atoms with Gasteiger partial charge in [0.25, 0.3) is 0 Å². The van der Waals surface area contributed by atoms with Crippen molar-refractivity contribution in [1.82, 2.24) is 19.5 Å². The van der Waals surface area contributed by atoms with Gasteiger partial charge in [-0.1, -0.05) is 97.9 Å². The van der Waals surface area contributed by atoms with Crippen LogP contribution in [0.15, 0.2) is 134 Å². The molecule has 0 spiro atoms. The Morgan fingerprint density at radius 2 is 1.36 bits per heavy atom. The minimum Gasteiger partial charge on any atom is -0.370 e. The van der Waals surface area contributed by atoms with Gasteiger partial charge in [0.1, 0.15) is 11.5 Å². The predicted molar refractivity (Wildman–Crippen MR) is 176 cm³/mol. The van der Waals surface area contributed by atoms with Crippen LogP contribution in [0, 0.1) is 5.95 Å². The predicted octanol–water partition coefficient (Wildman–Crippen LogP) is 8.64. The van der Waals surface area contributed by atoms with E-state index in [1.54, 1.807) is 0 Å². The molecular formula is C38H32FN5. The standard InChI is InChI=1S/C38H32FN5/c1-2-21-41-36-24-27(23-35(39)43-36)33-19-18-31-32-25-40-22-20-34(32)44(37(31)42-33)26-38(28-12-6-3-7-13-28,29-14-8-4-9-15-29)30-16-10-5-11-17-30/h3-20,22-25H,2,21,26H2,1H3,(H,41,43). The molecule has 0 saturated heterocycles. The Bertz CT molecular complexity index is 1940. The first-order chi connectivity index (χ1) is 21.7. The van der Waals surface area contributed by atoms with Crippen LogP contribution in [0.2, 0.25) is 0 Å². The number of rotatable bonds is 9. The van der Waals surface area contributed by atoms with Gasteiger partial charge in [-0.05, 0) is 47.4 Å². The smallest absolute Gasteiger partial charge is 0.215 e. The first kappa shape index (κ1) is 27.5. The molecule has 6 heteroatoms. The van der Waals surface area contributed by atoms with Crippen molar-refractivity contribution in [1.29, 1.82) is 0 Å². The number of aromatic nitrogens is 4. The lowest BCUT2D eigenvalue weighted by molar-refractivity contribution is 0.520. The van der Waals surface area contributed by atoms with Crippen LogP contribution < -0.4 is 5.32 Å². The molecular weight excluding hydrogens is 545 g/mol. The third-order valence-corrected chi connectivity index (χ3v) is 8.35. The third kappa shape index (κ3) is 4.88. The maximum atomic E-state index is 14.7. The van der Waals surface area contributed by atoms with Crippen molar-refractivity contribution in [2.24, 2.45) is 0 Å². The summed E-state index contributed by atoms with van der Waals surface area (Å²) in [7, 11) is 0. The van der Waals surface area contributed by atoms with Crippen LogP contribution in [-0.4, -0.2) is 26.1 Å². The van der Waals surface area contributed by atoms with Crippen LogP contribution in [-0.2, 0) is 12.0 Å². The van der Waals surface area contributed by atoms with Crippen molar-refractivity contribution < 1.29 is 4.39 Å². The highest BCUT2D eigenvalue weighted by molar-refractivity contribution is 6.06. The Hall–Kier alpha value is -5.36. The molecule has 0 amide bonds. The van der Waals surface area contributed by atoms with Crippen LogP contribution >= 0.6 is 0 Å². The second-order valence-electron chi connectivity index (χ2n) is 11.0. The Kier molecular flexibility index (Phi) is 7.32. The zero-order valence-corrected chi connectivity index (χ0v) is 24.5. The molecule has 0 aliphatic carbocycles. The van der Waals surface area contributed by atoms with Crippen molar-refractivity contribution in [2.75, 3.05) is 11.9 Å². The second kappa shape index (κ2) is 11.7. The van der Waals surface area contributed by atoms with Crippen LogP contribution in [0.5, 0.6) is 0 Å². The number of nitrogens with one attached hydrogen (secondary N) is 1. The summed E-state index contributed by atoms with van der Waals surface area (Å²) in [6.45, 7) is 3.36. The zero-order chi connectivity index (χ0) is 29.9. The van der Waals surface area contributed by atoms with E-state index < -0.39 is 11.4 Å². The summed E-state index contributed by atoms with van der Waals surface area (Å²) in [6, 6.07) is 41.4. The van der Waals surface area contributed by atoms with Crippen LogP contribution in [0.3, 0.4) is 0 Å². The van der Waals surface area contributed by atoms with Gasteiger partial charge in [0.05, 0.1) is 16.6 Å². The molecule has 7 aromatic rings. The number of pyridine rings is 3. The van der Waals surface area contributed by atoms with Gasteiger partial charge in [-0.15, -0.1) is 0 Å². The molecule has 0 radical (unpaired) electrons. The molecule has 0 bridgehead atoms. The first-order valence-corrected chi connectivity index (χ1v) is 15.0. The van der Waals surface area contributed by atoms with Crippen molar-refractivity contribution in [2.45, 2.75) is 25.3 Å². The van der Waals surface area contributed by atoms with Gasteiger partial charge in [-0.25, -0.2) is 9.97 Å². The molecule has 7 rings (SSSR count). The summed E-state index contributed by atoms with van der Waals surface area (Å²) in [4.78, 5) is 13.7. The number of halogens is 1. The SMILES string of the molecule is CCCNc1cc(-c2ccc3c4cnccc4n(CC(c4ccccc4)(c4ccccc4)c4ccccc4)c3n2)cc(F)n1. The van der Waals surface area contributed by atoms with Gasteiger partial charge in [0.15, 0.2) is 0 Å². The average Bonchev–Trinajstić information content (AvgIpc) is 3.39. The Balaban J connectivity index is 1.49. The molecule has 0 unspecified atom stereocenters. The van der Waals surface area contributed by atoms with Crippen molar-refractivity contribution in [3.8, 4) is 11.3 Å². The molecule has 44 heavy (non-hydrogen) atoms. The van der Waals surface area contributed by atoms with Crippen molar-refractivity contribution in [3.63, 3.8) is 0 Å². The van der Waals surface area contributed by atoms with Gasteiger partial charge in [0, 0.05) is 47.9 Å². The van der Waals surface area contributed by atoms with E-state index >= 15 is 0 Å². The quantitative estimate of drug-likeness (QED) is 0.138. The fourth-order valence-electron chi connectivity index (χ4n) is 6.30. The monoisotopic (exact) mass is 577 g/mol. The summed E-state index contributed by atoms with van der Waals surface area (Å²) in [5.41, 5.74) is 6.22. The molecule has 3 aromatic carbocycles. The van der Waals surface area contributed by atoms with Crippen LogP contribution in [0.25, 0.3) is 33.2 Å². The summed E-state index contributed by atoms with van der Waals surface area (Å²) in [6.07, 6.45) is 4.65. The maximum Gasteiger partial charge on any atom is 0.215 e. The Morgan fingerprint density at radius 1 is 0.727 bits per heavy atom. The van der Waals surface area contributed by atoms with E-state index in [0.29, 0.717) is 30.2 Å². The highest BCUT2D eigenvalue weighted by Crippen LogP contribution is 2.43. The lowest BCUT2D eigenvalue weighted by atomic mass is 9.69. The topological polar surface area (TPSA) is 55.6 Å². The first-order valence-electron chi connectivity index (χ1n) is 15.0. The third-order valence-electron chi connectivity index (χ3n) is 8.35. The number of benzene rings is 3. The minimum atomic E-state index is -0.538. The molecule has 0 aliphatic heterocycles. The Morgan fingerprint density at radius 3 is 1.98 bits per heavy atom. The summed E-state index contributed by atoms with van der Waals surface area (Å²) >= 11 is 0. The normalized spacial score (nSPS) is 11.7. The molecule has 0 aliphatic rings. The summed E-state index contributed by atoms with van der Waals surface area (Å²) in [5, 5.41) is 5.23. The van der Waals surface area contributed by atoms with Crippen LogP contribution in [0.1, 0.15) is 30.0 Å². The molecule has 0 saturated carbocycles. The molecule has 4 aromatic heterocycles. The van der Waals surface area contributed by atoms with Gasteiger partial charge < -0.3 is 9.88 Å². The van der Waals surface area contributed by atoms with Crippen molar-refractivity contribution >= 4 is 27.8 Å². The number of nitrogens with zero attached hydrogens (tertiary/aromatic N) is 4. The van der Waals surface area contributed by atoms with E-state index in [-0.39, 0.29) is 0 Å². The molecule has 1 N–H and O–H groups in total. The fourth-order valence-corrected chi connectivity index (χ4v) is 6.30. The Labute approximate surface area is 256 Å². The van der Waals surface area contributed by atoms with E-state index in [2.05, 4.69) is 130 Å². The number of fused-ring (bicyclic) bond motifs is 3. The lowest BCUT2D eigenvalue weighted by Gasteiger charge is -2.37.